The maximum atomic E-state index is 13.3. The number of benzene rings is 1. The van der Waals surface area contributed by atoms with Gasteiger partial charge in [-0.05, 0) is 67.1 Å². The number of urea groups is 1. The Balaban J connectivity index is 1.30. The number of aliphatic hydroxyl groups excluding tert-OH is 1. The van der Waals surface area contributed by atoms with E-state index < -0.39 is 41.9 Å². The Morgan fingerprint density at radius 3 is 2.18 bits per heavy atom. The van der Waals surface area contributed by atoms with Crippen LogP contribution in [-0.2, 0) is 35.2 Å². The normalized spacial score (nSPS) is 18.7. The quantitative estimate of drug-likeness (QED) is 0.0687. The second kappa shape index (κ2) is 22.4. The molecule has 15 nitrogen and oxygen atoms in total. The third-order valence-corrected chi connectivity index (χ3v) is 8.88. The molecular weight excluding hydrogens is 660 g/mol. The number of anilines is 1. The van der Waals surface area contributed by atoms with Crippen LogP contribution < -0.4 is 32.3 Å². The van der Waals surface area contributed by atoms with E-state index in [-0.39, 0.29) is 58.3 Å². The zero-order valence-electron chi connectivity index (χ0n) is 29.7. The summed E-state index contributed by atoms with van der Waals surface area (Å²) in [6.07, 6.45) is 4.11. The van der Waals surface area contributed by atoms with Gasteiger partial charge in [-0.15, -0.1) is 11.8 Å². The first-order valence-corrected chi connectivity index (χ1v) is 17.7. The van der Waals surface area contributed by atoms with Crippen molar-refractivity contribution in [3.8, 4) is 11.8 Å². The van der Waals surface area contributed by atoms with E-state index in [1.165, 1.54) is 0 Å². The van der Waals surface area contributed by atoms with Crippen LogP contribution in [0.15, 0.2) is 24.3 Å². The Bertz CT molecular complexity index is 1330. The van der Waals surface area contributed by atoms with Crippen LogP contribution in [0.25, 0.3) is 0 Å². The number of nitrogens with one attached hydrogen (secondary N) is 5. The zero-order valence-corrected chi connectivity index (χ0v) is 29.7. The van der Waals surface area contributed by atoms with Gasteiger partial charge in [0.25, 0.3) is 0 Å². The number of hydrogen-bond donors (Lipinski definition) is 7. The molecule has 0 radical (unpaired) electrons. The molecule has 8 N–H and O–H groups in total. The van der Waals surface area contributed by atoms with Gasteiger partial charge in [0.05, 0.1) is 39.6 Å². The van der Waals surface area contributed by atoms with Crippen molar-refractivity contribution >= 4 is 35.5 Å². The number of ether oxygens (including phenoxy) is 3. The molecular formula is C36H54N6O9. The molecule has 1 fully saturated rings. The first-order valence-electron chi connectivity index (χ1n) is 17.7. The van der Waals surface area contributed by atoms with Gasteiger partial charge in [0.15, 0.2) is 0 Å². The molecule has 6 amide bonds. The van der Waals surface area contributed by atoms with Crippen molar-refractivity contribution in [2.24, 2.45) is 29.4 Å². The Hall–Kier alpha value is -4.39. The number of hydrogen-bond acceptors (Lipinski definition) is 9. The van der Waals surface area contributed by atoms with Crippen LogP contribution in [0.4, 0.5) is 15.3 Å². The van der Waals surface area contributed by atoms with Gasteiger partial charge >= 0.3 is 12.1 Å². The number of carbonyl (C=O) groups is 5. The average molecular weight is 715 g/mol. The Morgan fingerprint density at radius 2 is 1.55 bits per heavy atom. The van der Waals surface area contributed by atoms with Crippen molar-refractivity contribution in [2.75, 3.05) is 51.4 Å². The Morgan fingerprint density at radius 1 is 0.882 bits per heavy atom. The summed E-state index contributed by atoms with van der Waals surface area (Å²) in [4.78, 5) is 62.2. The van der Waals surface area contributed by atoms with Crippen molar-refractivity contribution in [1.29, 1.82) is 0 Å². The highest BCUT2D eigenvalue weighted by atomic mass is 16.6. The Kier molecular flexibility index (Phi) is 18.0. The molecule has 15 heteroatoms. The summed E-state index contributed by atoms with van der Waals surface area (Å²) in [7, 11) is 0. The lowest BCUT2D eigenvalue weighted by atomic mass is 10.0. The summed E-state index contributed by atoms with van der Waals surface area (Å²) in [5.74, 6) is 6.34. The fourth-order valence-electron chi connectivity index (χ4n) is 5.97. The van der Waals surface area contributed by atoms with Crippen molar-refractivity contribution < 1.29 is 43.3 Å². The molecule has 0 spiro atoms. The number of fused-ring (bicyclic) bond motifs is 1. The van der Waals surface area contributed by atoms with Crippen molar-refractivity contribution in [1.82, 2.24) is 21.3 Å². The van der Waals surface area contributed by atoms with Crippen LogP contribution in [0.5, 0.6) is 0 Å². The number of carbonyl (C=O) groups excluding carboxylic acids is 5. The summed E-state index contributed by atoms with van der Waals surface area (Å²) in [5.41, 5.74) is 6.28. The van der Waals surface area contributed by atoms with Crippen LogP contribution in [0.2, 0.25) is 0 Å². The zero-order chi connectivity index (χ0) is 37.0. The van der Waals surface area contributed by atoms with Gasteiger partial charge in [-0.2, -0.15) is 0 Å². The van der Waals surface area contributed by atoms with Crippen molar-refractivity contribution in [3.05, 3.63) is 29.8 Å². The molecule has 2 aliphatic carbocycles. The van der Waals surface area contributed by atoms with Gasteiger partial charge in [0.1, 0.15) is 12.1 Å². The topological polar surface area (TPSA) is 219 Å². The summed E-state index contributed by atoms with van der Waals surface area (Å²) >= 11 is 0. The average Bonchev–Trinajstić information content (AvgIpc) is 3.74. The first kappa shape index (κ1) is 41.0. The minimum absolute atomic E-state index is 0.00612. The summed E-state index contributed by atoms with van der Waals surface area (Å²) in [6.45, 7) is 5.26. The molecule has 0 aliphatic heterocycles. The van der Waals surface area contributed by atoms with Gasteiger partial charge in [0, 0.05) is 38.0 Å². The van der Waals surface area contributed by atoms with Gasteiger partial charge in [-0.25, -0.2) is 9.59 Å². The molecule has 0 bridgehead atoms. The maximum Gasteiger partial charge on any atom is 0.407 e. The monoisotopic (exact) mass is 714 g/mol. The minimum Gasteiger partial charge on any atom is -0.449 e. The van der Waals surface area contributed by atoms with E-state index in [9.17, 15) is 29.1 Å². The molecule has 3 rings (SSSR count). The van der Waals surface area contributed by atoms with Crippen molar-refractivity contribution in [3.63, 3.8) is 0 Å². The van der Waals surface area contributed by atoms with E-state index in [4.69, 9.17) is 19.9 Å². The van der Waals surface area contributed by atoms with E-state index in [1.54, 1.807) is 38.1 Å². The highest BCUT2D eigenvalue weighted by molar-refractivity contribution is 5.98. The van der Waals surface area contributed by atoms with E-state index in [2.05, 4.69) is 38.4 Å². The predicted molar refractivity (Wildman–Crippen MR) is 189 cm³/mol. The summed E-state index contributed by atoms with van der Waals surface area (Å²) < 4.78 is 16.4. The van der Waals surface area contributed by atoms with Crippen LogP contribution in [0.1, 0.15) is 64.4 Å². The van der Waals surface area contributed by atoms with Gasteiger partial charge < -0.3 is 51.6 Å². The standard InChI is InChI=1S/C36H54N6O9/c1-24(2)32(34(46)41-30(10-7-16-38-35(37)47)33(45)40-26-13-11-25(22-43)12-14-26)42-31(44)15-18-49-20-21-50-19-17-39-36(48)51-23-29-27-8-5-3-4-6-9-28(27)29/h11-14,24,27-30,32,43H,5-10,15-23H2,1-2H3,(H,39,48)(H,40,45)(H,41,46)(H,42,44)(H3,37,38,47)/t27-,28+,29?,30-,32-/m0/s1. The van der Waals surface area contributed by atoms with E-state index in [0.717, 1.165) is 25.7 Å². The molecule has 0 aromatic heterocycles. The largest absolute Gasteiger partial charge is 0.449 e. The van der Waals surface area contributed by atoms with E-state index >= 15 is 0 Å². The van der Waals surface area contributed by atoms with Crippen LogP contribution in [-0.4, -0.2) is 93.2 Å². The first-order chi connectivity index (χ1) is 24.6. The van der Waals surface area contributed by atoms with E-state index in [0.29, 0.717) is 48.6 Å². The fraction of sp³-hybridized carbons (Fsp3) is 0.639. The summed E-state index contributed by atoms with van der Waals surface area (Å²) in [5, 5.41) is 22.6. The number of amides is 6. The Labute approximate surface area is 299 Å². The number of rotatable bonds is 22. The second-order valence-corrected chi connectivity index (χ2v) is 13.1. The molecule has 1 aromatic carbocycles. The second-order valence-electron chi connectivity index (χ2n) is 13.1. The smallest absolute Gasteiger partial charge is 0.407 e. The molecule has 1 saturated carbocycles. The summed E-state index contributed by atoms with van der Waals surface area (Å²) in [6, 6.07) is 4.02. The van der Waals surface area contributed by atoms with Gasteiger partial charge in [-0.1, -0.05) is 26.0 Å². The lowest BCUT2D eigenvalue weighted by Crippen LogP contribution is -2.54. The van der Waals surface area contributed by atoms with E-state index in [1.807, 2.05) is 0 Å². The molecule has 51 heavy (non-hydrogen) atoms. The van der Waals surface area contributed by atoms with Crippen LogP contribution in [0, 0.1) is 35.5 Å². The molecule has 5 atom stereocenters. The molecule has 1 aromatic rings. The maximum absolute atomic E-state index is 13.3. The number of nitrogens with two attached hydrogens (primary N) is 1. The predicted octanol–water partition coefficient (Wildman–Crippen LogP) is 1.78. The van der Waals surface area contributed by atoms with Gasteiger partial charge in [-0.3, -0.25) is 14.4 Å². The molecule has 1 unspecified atom stereocenters. The molecule has 282 valence electrons. The fourth-order valence-corrected chi connectivity index (χ4v) is 5.97. The van der Waals surface area contributed by atoms with Gasteiger partial charge in [0.2, 0.25) is 17.7 Å². The minimum atomic E-state index is -0.968. The molecule has 2 aliphatic rings. The lowest BCUT2D eigenvalue weighted by molar-refractivity contribution is -0.132. The van der Waals surface area contributed by atoms with Crippen LogP contribution >= 0.6 is 0 Å². The molecule has 0 heterocycles. The number of aliphatic hydroxyl groups is 1. The lowest BCUT2D eigenvalue weighted by Gasteiger charge is -2.25. The third kappa shape index (κ3) is 15.6. The highest BCUT2D eigenvalue weighted by Gasteiger charge is 2.49. The third-order valence-electron chi connectivity index (χ3n) is 8.88. The van der Waals surface area contributed by atoms with Crippen molar-refractivity contribution in [2.45, 2.75) is 77.5 Å². The van der Waals surface area contributed by atoms with Crippen LogP contribution in [0.3, 0.4) is 0 Å². The SMILES string of the molecule is CC(C)[C@H](NC(=O)CCOCCOCCNC(=O)OCC1[C@H]2CCC#CCC[C@@H]12)C(=O)N[C@@H](CCCNC(N)=O)C(=O)Nc1ccc(CO)cc1. The number of alkyl carbamates (subject to hydrolysis) is 1. The molecule has 0 saturated heterocycles. The highest BCUT2D eigenvalue weighted by Crippen LogP contribution is 2.52. The number of primary amides is 1.